The highest BCUT2D eigenvalue weighted by Gasteiger charge is 2.32. The van der Waals surface area contributed by atoms with Crippen LogP contribution in [0.5, 0.6) is 0 Å². The Labute approximate surface area is 153 Å². The zero-order chi connectivity index (χ0) is 17.6. The fourth-order valence-corrected chi connectivity index (χ4v) is 4.85. The summed E-state index contributed by atoms with van der Waals surface area (Å²) in [5.74, 6) is 0.0717. The summed E-state index contributed by atoms with van der Waals surface area (Å²) in [6.07, 6.45) is 11.5. The Morgan fingerprint density at radius 1 is 1.12 bits per heavy atom. The van der Waals surface area contributed by atoms with Crippen molar-refractivity contribution in [3.05, 3.63) is 16.1 Å². The summed E-state index contributed by atoms with van der Waals surface area (Å²) in [5, 5.41) is 2.56. The van der Waals surface area contributed by atoms with Gasteiger partial charge < -0.3 is 9.64 Å². The fraction of sp³-hybridized carbons (Fsp3) is 0.737. The molecule has 2 fully saturated rings. The maximum Gasteiger partial charge on any atom is 0.357 e. The molecule has 5 nitrogen and oxygen atoms in total. The van der Waals surface area contributed by atoms with Crippen molar-refractivity contribution in [3.63, 3.8) is 0 Å². The first-order valence-electron chi connectivity index (χ1n) is 9.52. The predicted molar refractivity (Wildman–Crippen MR) is 97.5 cm³/mol. The minimum Gasteiger partial charge on any atom is -0.464 e. The normalized spacial score (nSPS) is 19.6. The minimum atomic E-state index is -0.412. The van der Waals surface area contributed by atoms with Crippen LogP contribution >= 0.6 is 11.3 Å². The van der Waals surface area contributed by atoms with Gasteiger partial charge in [0, 0.05) is 17.3 Å². The first-order valence-corrected chi connectivity index (χ1v) is 10.4. The standard InChI is InChI=1S/C19H28N2O3S/c1-24-19(23)16-13-25-17(20-16)12-21(15-10-6-3-7-11-15)18(22)14-8-4-2-5-9-14/h13-15H,2-12H2,1H3. The number of hydrogen-bond acceptors (Lipinski definition) is 5. The van der Waals surface area contributed by atoms with Crippen molar-refractivity contribution >= 4 is 23.2 Å². The maximum absolute atomic E-state index is 13.2. The monoisotopic (exact) mass is 364 g/mol. The molecule has 1 aromatic heterocycles. The SMILES string of the molecule is COC(=O)c1csc(CN(C(=O)C2CCCCC2)C2CCCCC2)n1. The molecule has 25 heavy (non-hydrogen) atoms. The summed E-state index contributed by atoms with van der Waals surface area (Å²) in [6, 6.07) is 0.327. The summed E-state index contributed by atoms with van der Waals surface area (Å²) in [7, 11) is 1.36. The largest absolute Gasteiger partial charge is 0.464 e. The van der Waals surface area contributed by atoms with Gasteiger partial charge in [-0.1, -0.05) is 38.5 Å². The Morgan fingerprint density at radius 2 is 1.76 bits per heavy atom. The Hall–Kier alpha value is -1.43. The molecule has 0 spiro atoms. The Bertz CT molecular complexity index is 589. The molecule has 3 rings (SSSR count). The molecule has 1 amide bonds. The molecule has 0 aromatic carbocycles. The lowest BCUT2D eigenvalue weighted by Crippen LogP contribution is -2.44. The van der Waals surface area contributed by atoms with Crippen LogP contribution in [0.15, 0.2) is 5.38 Å². The molecule has 2 saturated carbocycles. The van der Waals surface area contributed by atoms with Crippen LogP contribution in [0.4, 0.5) is 0 Å². The van der Waals surface area contributed by atoms with E-state index in [4.69, 9.17) is 4.74 Å². The second kappa shape index (κ2) is 8.79. The molecule has 0 N–H and O–H groups in total. The molecule has 2 aliphatic carbocycles. The molecule has 138 valence electrons. The summed E-state index contributed by atoms with van der Waals surface area (Å²) < 4.78 is 4.74. The maximum atomic E-state index is 13.2. The molecular formula is C19H28N2O3S. The van der Waals surface area contributed by atoms with E-state index in [-0.39, 0.29) is 5.92 Å². The van der Waals surface area contributed by atoms with E-state index < -0.39 is 5.97 Å². The average molecular weight is 365 g/mol. The second-order valence-corrected chi connectivity index (χ2v) is 8.15. The molecule has 0 saturated heterocycles. The van der Waals surface area contributed by atoms with Gasteiger partial charge in [0.1, 0.15) is 5.01 Å². The van der Waals surface area contributed by atoms with Crippen LogP contribution in [0.1, 0.15) is 79.7 Å². The van der Waals surface area contributed by atoms with E-state index in [1.54, 1.807) is 5.38 Å². The van der Waals surface area contributed by atoms with Crippen molar-refractivity contribution in [3.8, 4) is 0 Å². The molecule has 2 aliphatic rings. The van der Waals surface area contributed by atoms with Gasteiger partial charge in [-0.3, -0.25) is 4.79 Å². The van der Waals surface area contributed by atoms with Gasteiger partial charge in [0.15, 0.2) is 5.69 Å². The van der Waals surface area contributed by atoms with Crippen LogP contribution in [0.2, 0.25) is 0 Å². The van der Waals surface area contributed by atoms with Gasteiger partial charge in [0.05, 0.1) is 13.7 Å². The number of rotatable bonds is 5. The van der Waals surface area contributed by atoms with Gasteiger partial charge in [-0.05, 0) is 25.7 Å². The van der Waals surface area contributed by atoms with Crippen molar-refractivity contribution in [1.29, 1.82) is 0 Å². The van der Waals surface area contributed by atoms with Crippen molar-refractivity contribution < 1.29 is 14.3 Å². The van der Waals surface area contributed by atoms with Gasteiger partial charge in [0.2, 0.25) is 5.91 Å². The molecule has 0 atom stereocenters. The number of esters is 1. The summed E-state index contributed by atoms with van der Waals surface area (Å²) in [5.41, 5.74) is 0.344. The summed E-state index contributed by atoms with van der Waals surface area (Å²) in [4.78, 5) is 31.3. The van der Waals surface area contributed by atoms with E-state index >= 15 is 0 Å². The van der Waals surface area contributed by atoms with Crippen LogP contribution in [0, 0.1) is 5.92 Å². The minimum absolute atomic E-state index is 0.177. The highest BCUT2D eigenvalue weighted by atomic mass is 32.1. The molecule has 0 aliphatic heterocycles. The predicted octanol–water partition coefficient (Wildman–Crippen LogP) is 4.17. The summed E-state index contributed by atoms with van der Waals surface area (Å²) in [6.45, 7) is 0.529. The zero-order valence-corrected chi connectivity index (χ0v) is 15.9. The van der Waals surface area contributed by atoms with E-state index in [1.165, 1.54) is 57.0 Å². The van der Waals surface area contributed by atoms with E-state index in [2.05, 4.69) is 9.88 Å². The number of nitrogens with zero attached hydrogens (tertiary/aromatic N) is 2. The first-order chi connectivity index (χ1) is 12.2. The number of carbonyl (C=O) groups is 2. The van der Waals surface area contributed by atoms with Crippen LogP contribution < -0.4 is 0 Å². The number of hydrogen-bond donors (Lipinski definition) is 0. The fourth-order valence-electron chi connectivity index (χ4n) is 4.09. The third kappa shape index (κ3) is 4.60. The lowest BCUT2D eigenvalue weighted by atomic mass is 9.86. The van der Waals surface area contributed by atoms with E-state index in [0.29, 0.717) is 24.2 Å². The number of methoxy groups -OCH3 is 1. The van der Waals surface area contributed by atoms with Crippen LogP contribution in [0.3, 0.4) is 0 Å². The molecular weight excluding hydrogens is 336 g/mol. The zero-order valence-electron chi connectivity index (χ0n) is 15.0. The number of aromatic nitrogens is 1. The molecule has 1 heterocycles. The van der Waals surface area contributed by atoms with E-state index in [0.717, 1.165) is 30.7 Å². The van der Waals surface area contributed by atoms with Crippen molar-refractivity contribution in [1.82, 2.24) is 9.88 Å². The molecule has 1 aromatic rings. The lowest BCUT2D eigenvalue weighted by molar-refractivity contribution is -0.140. The number of ether oxygens (including phenoxy) is 1. The van der Waals surface area contributed by atoms with E-state index in [9.17, 15) is 9.59 Å². The quantitative estimate of drug-likeness (QED) is 0.736. The lowest BCUT2D eigenvalue weighted by Gasteiger charge is -2.37. The average Bonchev–Trinajstić information content (AvgIpc) is 3.15. The van der Waals surface area contributed by atoms with Gasteiger partial charge in [-0.25, -0.2) is 9.78 Å². The smallest absolute Gasteiger partial charge is 0.357 e. The molecule has 0 bridgehead atoms. The van der Waals surface area contributed by atoms with E-state index in [1.807, 2.05) is 0 Å². The molecule has 6 heteroatoms. The molecule has 0 unspecified atom stereocenters. The van der Waals surface area contributed by atoms with Crippen molar-refractivity contribution in [2.24, 2.45) is 5.92 Å². The topological polar surface area (TPSA) is 59.5 Å². The number of thiazole rings is 1. The van der Waals surface area contributed by atoms with Gasteiger partial charge >= 0.3 is 5.97 Å². The van der Waals surface area contributed by atoms with Crippen molar-refractivity contribution in [2.75, 3.05) is 7.11 Å². The number of amides is 1. The van der Waals surface area contributed by atoms with Crippen LogP contribution in [-0.4, -0.2) is 34.9 Å². The number of carbonyl (C=O) groups excluding carboxylic acids is 2. The van der Waals surface area contributed by atoms with Gasteiger partial charge in [0.25, 0.3) is 0 Å². The highest BCUT2D eigenvalue weighted by Crippen LogP contribution is 2.31. The van der Waals surface area contributed by atoms with Gasteiger partial charge in [-0.15, -0.1) is 11.3 Å². The Kier molecular flexibility index (Phi) is 6.45. The molecule has 0 radical (unpaired) electrons. The van der Waals surface area contributed by atoms with Crippen LogP contribution in [-0.2, 0) is 16.1 Å². The Balaban J connectivity index is 1.74. The summed E-state index contributed by atoms with van der Waals surface area (Å²) >= 11 is 1.44. The van der Waals surface area contributed by atoms with Crippen molar-refractivity contribution in [2.45, 2.75) is 76.8 Å². The third-order valence-electron chi connectivity index (χ3n) is 5.50. The second-order valence-electron chi connectivity index (χ2n) is 7.21. The highest BCUT2D eigenvalue weighted by molar-refractivity contribution is 7.09. The third-order valence-corrected chi connectivity index (χ3v) is 6.34. The van der Waals surface area contributed by atoms with Gasteiger partial charge in [-0.2, -0.15) is 0 Å². The Morgan fingerprint density at radius 3 is 2.40 bits per heavy atom. The van der Waals surface area contributed by atoms with Crippen LogP contribution in [0.25, 0.3) is 0 Å². The first kappa shape index (κ1) is 18.4.